The van der Waals surface area contributed by atoms with Gasteiger partial charge in [0.2, 0.25) is 5.89 Å². The van der Waals surface area contributed by atoms with Crippen molar-refractivity contribution in [3.8, 4) is 5.75 Å². The van der Waals surface area contributed by atoms with Gasteiger partial charge in [-0.25, -0.2) is 0 Å². The van der Waals surface area contributed by atoms with Gasteiger partial charge in [0.1, 0.15) is 5.75 Å². The topological polar surface area (TPSA) is 68.5 Å². The van der Waals surface area contributed by atoms with Gasteiger partial charge in [0.25, 0.3) is 5.91 Å². The first-order valence-corrected chi connectivity index (χ1v) is 9.20. The SMILES string of the molecule is O=C(COc1ccc2ccccc2c1)N1CCC(c2nnc(C(F)(F)F)o2)CC1. The number of piperidine rings is 1. The molecule has 0 N–H and O–H groups in total. The molecule has 0 spiro atoms. The molecule has 3 aromatic rings. The Bertz CT molecular complexity index is 1010. The zero-order valence-electron chi connectivity index (χ0n) is 15.4. The third-order valence-corrected chi connectivity index (χ3v) is 4.96. The van der Waals surface area contributed by atoms with E-state index >= 15 is 0 Å². The van der Waals surface area contributed by atoms with Crippen LogP contribution in [0.1, 0.15) is 30.5 Å². The third-order valence-electron chi connectivity index (χ3n) is 4.96. The minimum absolute atomic E-state index is 0.0307. The fourth-order valence-corrected chi connectivity index (χ4v) is 3.38. The van der Waals surface area contributed by atoms with Crippen LogP contribution < -0.4 is 4.74 Å². The lowest BCUT2D eigenvalue weighted by Crippen LogP contribution is -2.40. The first-order valence-electron chi connectivity index (χ1n) is 9.20. The van der Waals surface area contributed by atoms with Crippen molar-refractivity contribution < 1.29 is 27.1 Å². The molecule has 152 valence electrons. The van der Waals surface area contributed by atoms with Crippen molar-refractivity contribution in [1.82, 2.24) is 15.1 Å². The van der Waals surface area contributed by atoms with Crippen molar-refractivity contribution in [2.75, 3.05) is 19.7 Å². The quantitative estimate of drug-likeness (QED) is 0.656. The number of benzene rings is 2. The van der Waals surface area contributed by atoms with Crippen molar-refractivity contribution in [2.24, 2.45) is 0 Å². The average molecular weight is 405 g/mol. The molecule has 2 heterocycles. The Morgan fingerprint density at radius 2 is 1.83 bits per heavy atom. The van der Waals surface area contributed by atoms with Crippen molar-refractivity contribution in [3.05, 3.63) is 54.2 Å². The van der Waals surface area contributed by atoms with Gasteiger partial charge in [0.15, 0.2) is 6.61 Å². The maximum Gasteiger partial charge on any atom is 0.470 e. The van der Waals surface area contributed by atoms with Crippen LogP contribution in [0.25, 0.3) is 10.8 Å². The molecule has 1 aliphatic heterocycles. The summed E-state index contributed by atoms with van der Waals surface area (Å²) in [7, 11) is 0. The minimum Gasteiger partial charge on any atom is -0.484 e. The van der Waals surface area contributed by atoms with E-state index in [2.05, 4.69) is 10.2 Å². The molecule has 1 fully saturated rings. The molecule has 0 unspecified atom stereocenters. The molecule has 0 aliphatic carbocycles. The second kappa shape index (κ2) is 7.73. The zero-order chi connectivity index (χ0) is 20.4. The fraction of sp³-hybridized carbons (Fsp3) is 0.350. The molecule has 1 aliphatic rings. The van der Waals surface area contributed by atoms with E-state index in [1.807, 2.05) is 42.5 Å². The van der Waals surface area contributed by atoms with E-state index in [0.717, 1.165) is 10.8 Å². The number of hydrogen-bond donors (Lipinski definition) is 0. The summed E-state index contributed by atoms with van der Waals surface area (Å²) in [5, 5.41) is 8.68. The lowest BCUT2D eigenvalue weighted by Gasteiger charge is -2.30. The highest BCUT2D eigenvalue weighted by atomic mass is 19.4. The molecule has 9 heteroatoms. The fourth-order valence-electron chi connectivity index (χ4n) is 3.38. The van der Waals surface area contributed by atoms with Gasteiger partial charge in [-0.15, -0.1) is 10.2 Å². The predicted octanol–water partition coefficient (Wildman–Crippen LogP) is 4.03. The first kappa shape index (κ1) is 19.2. The van der Waals surface area contributed by atoms with Crippen LogP contribution in [-0.2, 0) is 11.0 Å². The number of fused-ring (bicyclic) bond motifs is 1. The van der Waals surface area contributed by atoms with E-state index in [4.69, 9.17) is 9.15 Å². The van der Waals surface area contributed by atoms with Gasteiger partial charge in [-0.3, -0.25) is 4.79 Å². The highest BCUT2D eigenvalue weighted by molar-refractivity contribution is 5.84. The molecular formula is C20H18F3N3O3. The highest BCUT2D eigenvalue weighted by Gasteiger charge is 2.39. The lowest BCUT2D eigenvalue weighted by atomic mass is 9.97. The lowest BCUT2D eigenvalue weighted by molar-refractivity contribution is -0.157. The number of alkyl halides is 3. The van der Waals surface area contributed by atoms with Gasteiger partial charge in [0.05, 0.1) is 0 Å². The van der Waals surface area contributed by atoms with Crippen LogP contribution >= 0.6 is 0 Å². The number of carbonyl (C=O) groups excluding carboxylic acids is 1. The summed E-state index contributed by atoms with van der Waals surface area (Å²) in [5.41, 5.74) is 0. The molecule has 2 aromatic carbocycles. The molecule has 4 rings (SSSR count). The second-order valence-corrected chi connectivity index (χ2v) is 6.90. The third kappa shape index (κ3) is 4.33. The average Bonchev–Trinajstić information content (AvgIpc) is 3.23. The van der Waals surface area contributed by atoms with Crippen molar-refractivity contribution in [3.63, 3.8) is 0 Å². The van der Waals surface area contributed by atoms with E-state index in [-0.39, 0.29) is 24.3 Å². The molecule has 0 atom stereocenters. The van der Waals surface area contributed by atoms with Gasteiger partial charge < -0.3 is 14.1 Å². The summed E-state index contributed by atoms with van der Waals surface area (Å²) < 4.78 is 48.1. The van der Waals surface area contributed by atoms with Crippen LogP contribution in [-0.4, -0.2) is 40.7 Å². The first-order chi connectivity index (χ1) is 13.9. The van der Waals surface area contributed by atoms with Crippen molar-refractivity contribution in [1.29, 1.82) is 0 Å². The summed E-state index contributed by atoms with van der Waals surface area (Å²) in [6, 6.07) is 13.5. The number of halogens is 3. The largest absolute Gasteiger partial charge is 0.484 e. The van der Waals surface area contributed by atoms with Crippen LogP contribution in [0.2, 0.25) is 0 Å². The van der Waals surface area contributed by atoms with Crippen LogP contribution in [0.3, 0.4) is 0 Å². The number of carbonyl (C=O) groups is 1. The summed E-state index contributed by atoms with van der Waals surface area (Å²) in [5.74, 6) is -1.22. The van der Waals surface area contributed by atoms with E-state index in [1.54, 1.807) is 4.90 Å². The van der Waals surface area contributed by atoms with E-state index in [1.165, 1.54) is 0 Å². The number of aromatic nitrogens is 2. The molecule has 1 saturated heterocycles. The Kier molecular flexibility index (Phi) is 5.12. The molecule has 29 heavy (non-hydrogen) atoms. The number of rotatable bonds is 4. The van der Waals surface area contributed by atoms with Crippen LogP contribution in [0, 0.1) is 0 Å². The summed E-state index contributed by atoms with van der Waals surface area (Å²) in [6.45, 7) is 0.699. The monoisotopic (exact) mass is 405 g/mol. The van der Waals surface area contributed by atoms with E-state index in [9.17, 15) is 18.0 Å². The maximum absolute atomic E-state index is 12.6. The number of ether oxygens (including phenoxy) is 1. The molecule has 1 amide bonds. The zero-order valence-corrected chi connectivity index (χ0v) is 15.4. The summed E-state index contributed by atoms with van der Waals surface area (Å²) in [6.07, 6.45) is -3.73. The Balaban J connectivity index is 1.30. The van der Waals surface area contributed by atoms with E-state index < -0.39 is 12.1 Å². The minimum atomic E-state index is -4.65. The molecule has 0 saturated carbocycles. The predicted molar refractivity (Wildman–Crippen MR) is 97.3 cm³/mol. The Hall–Kier alpha value is -3.10. The number of likely N-dealkylation sites (tertiary alicyclic amines) is 1. The molecule has 0 bridgehead atoms. The Morgan fingerprint density at radius 3 is 2.52 bits per heavy atom. The Labute approximate surface area is 164 Å². The normalized spacial score (nSPS) is 15.6. The van der Waals surface area contributed by atoms with Crippen LogP contribution in [0.15, 0.2) is 46.9 Å². The van der Waals surface area contributed by atoms with Gasteiger partial charge in [-0.2, -0.15) is 13.2 Å². The second-order valence-electron chi connectivity index (χ2n) is 6.90. The van der Waals surface area contributed by atoms with Gasteiger partial charge in [0, 0.05) is 19.0 Å². The van der Waals surface area contributed by atoms with Crippen molar-refractivity contribution >= 4 is 16.7 Å². The Morgan fingerprint density at radius 1 is 1.10 bits per heavy atom. The standard InChI is InChI=1S/C20H18F3N3O3/c21-20(22,23)19-25-24-18(29-19)14-7-9-26(10-8-14)17(27)12-28-16-6-5-13-3-1-2-4-15(13)11-16/h1-6,11,14H,7-10,12H2. The number of nitrogens with zero attached hydrogens (tertiary/aromatic N) is 3. The van der Waals surface area contributed by atoms with Crippen LogP contribution in [0.5, 0.6) is 5.75 Å². The molecule has 0 radical (unpaired) electrons. The number of amides is 1. The number of hydrogen-bond acceptors (Lipinski definition) is 5. The van der Waals surface area contributed by atoms with Gasteiger partial charge >= 0.3 is 12.1 Å². The highest BCUT2D eigenvalue weighted by Crippen LogP contribution is 2.32. The molecular weight excluding hydrogens is 387 g/mol. The van der Waals surface area contributed by atoms with Crippen molar-refractivity contribution in [2.45, 2.75) is 24.9 Å². The smallest absolute Gasteiger partial charge is 0.470 e. The molecule has 6 nitrogen and oxygen atoms in total. The van der Waals surface area contributed by atoms with Gasteiger partial charge in [-0.05, 0) is 35.7 Å². The maximum atomic E-state index is 12.6. The summed E-state index contributed by atoms with van der Waals surface area (Å²) in [4.78, 5) is 14.1. The molecule has 1 aromatic heterocycles. The van der Waals surface area contributed by atoms with Gasteiger partial charge in [-0.1, -0.05) is 30.3 Å². The summed E-state index contributed by atoms with van der Waals surface area (Å²) >= 11 is 0. The van der Waals surface area contributed by atoms with E-state index in [0.29, 0.717) is 31.7 Å². The van der Waals surface area contributed by atoms with Crippen LogP contribution in [0.4, 0.5) is 13.2 Å².